The van der Waals surface area contributed by atoms with E-state index in [2.05, 4.69) is 41.9 Å². The van der Waals surface area contributed by atoms with Gasteiger partial charge < -0.3 is 4.57 Å². The van der Waals surface area contributed by atoms with Crippen molar-refractivity contribution in [1.82, 2.24) is 8.97 Å². The standard InChI is InChI=1S/C24H26N2O/c1-25-21-14-8-9-15-22(21)26-23(25)20(16-17-10-4-2-3-5-11-17)18-12-6-7-13-19(18)24(26)27/h6-9,12-15,17H,2-5,10-11,16H2,1H3. The third kappa shape index (κ3) is 2.60. The molecule has 0 bridgehead atoms. The number of nitrogens with zero attached hydrogens (tertiary/aromatic N) is 2. The Morgan fingerprint density at radius 3 is 2.22 bits per heavy atom. The van der Waals surface area contributed by atoms with E-state index in [0.717, 1.165) is 39.8 Å². The van der Waals surface area contributed by atoms with Gasteiger partial charge in [0, 0.05) is 18.0 Å². The molecule has 3 heteroatoms. The van der Waals surface area contributed by atoms with Crippen LogP contribution in [0.25, 0.3) is 27.5 Å². The van der Waals surface area contributed by atoms with Crippen molar-refractivity contribution in [3.63, 3.8) is 0 Å². The van der Waals surface area contributed by atoms with Crippen LogP contribution in [0.2, 0.25) is 0 Å². The highest BCUT2D eigenvalue weighted by atomic mass is 16.1. The van der Waals surface area contributed by atoms with Crippen molar-refractivity contribution in [3.05, 3.63) is 64.4 Å². The molecule has 1 fully saturated rings. The Kier molecular flexibility index (Phi) is 4.04. The molecule has 2 aromatic carbocycles. The molecule has 1 aliphatic rings. The molecule has 1 saturated carbocycles. The van der Waals surface area contributed by atoms with Gasteiger partial charge >= 0.3 is 0 Å². The maximum atomic E-state index is 13.4. The Morgan fingerprint density at radius 1 is 0.852 bits per heavy atom. The lowest BCUT2D eigenvalue weighted by Crippen LogP contribution is -2.17. The van der Waals surface area contributed by atoms with E-state index in [1.54, 1.807) is 0 Å². The smallest absolute Gasteiger partial charge is 0.264 e. The van der Waals surface area contributed by atoms with Crippen molar-refractivity contribution in [2.24, 2.45) is 13.0 Å². The summed E-state index contributed by atoms with van der Waals surface area (Å²) in [4.78, 5) is 13.4. The minimum absolute atomic E-state index is 0.0991. The maximum absolute atomic E-state index is 13.4. The first-order valence-electron chi connectivity index (χ1n) is 10.3. The summed E-state index contributed by atoms with van der Waals surface area (Å²) in [6.07, 6.45) is 9.10. The summed E-state index contributed by atoms with van der Waals surface area (Å²) in [7, 11) is 2.10. The first-order valence-corrected chi connectivity index (χ1v) is 10.3. The van der Waals surface area contributed by atoms with Crippen LogP contribution in [0.3, 0.4) is 0 Å². The number of rotatable bonds is 2. The first kappa shape index (κ1) is 16.6. The monoisotopic (exact) mass is 358 g/mol. The van der Waals surface area contributed by atoms with E-state index in [9.17, 15) is 4.79 Å². The summed E-state index contributed by atoms with van der Waals surface area (Å²) in [5.74, 6) is 0.718. The molecule has 0 atom stereocenters. The van der Waals surface area contributed by atoms with Gasteiger partial charge in [0.1, 0.15) is 5.65 Å². The predicted molar refractivity (Wildman–Crippen MR) is 113 cm³/mol. The van der Waals surface area contributed by atoms with Crippen molar-refractivity contribution >= 4 is 27.5 Å². The van der Waals surface area contributed by atoms with E-state index in [4.69, 9.17) is 0 Å². The van der Waals surface area contributed by atoms with Gasteiger partial charge in [-0.3, -0.25) is 9.20 Å². The fourth-order valence-electron chi connectivity index (χ4n) is 5.09. The lowest BCUT2D eigenvalue weighted by atomic mass is 9.90. The highest BCUT2D eigenvalue weighted by Crippen LogP contribution is 2.32. The summed E-state index contributed by atoms with van der Waals surface area (Å²) in [6.45, 7) is 0. The van der Waals surface area contributed by atoms with Gasteiger partial charge in [-0.25, -0.2) is 0 Å². The number of benzene rings is 2. The average Bonchev–Trinajstić information content (AvgIpc) is 2.85. The van der Waals surface area contributed by atoms with Gasteiger partial charge in [0.25, 0.3) is 5.56 Å². The van der Waals surface area contributed by atoms with E-state index >= 15 is 0 Å². The van der Waals surface area contributed by atoms with Crippen LogP contribution < -0.4 is 5.56 Å². The molecule has 2 heterocycles. The fourth-order valence-corrected chi connectivity index (χ4v) is 5.09. The normalized spacial score (nSPS) is 16.3. The average molecular weight is 358 g/mol. The molecule has 2 aromatic heterocycles. The Bertz CT molecular complexity index is 1190. The number of imidazole rings is 1. The highest BCUT2D eigenvalue weighted by Gasteiger charge is 2.21. The molecule has 0 spiro atoms. The van der Waals surface area contributed by atoms with E-state index in [-0.39, 0.29) is 5.56 Å². The molecular weight excluding hydrogens is 332 g/mol. The molecule has 0 saturated heterocycles. The molecule has 0 unspecified atom stereocenters. The number of hydrogen-bond acceptors (Lipinski definition) is 1. The number of pyridine rings is 1. The largest absolute Gasteiger partial charge is 0.328 e. The van der Waals surface area contributed by atoms with Crippen molar-refractivity contribution in [2.75, 3.05) is 0 Å². The lowest BCUT2D eigenvalue weighted by Gasteiger charge is -2.17. The minimum atomic E-state index is 0.0991. The Labute approximate surface area is 159 Å². The quantitative estimate of drug-likeness (QED) is 0.437. The topological polar surface area (TPSA) is 26.4 Å². The van der Waals surface area contributed by atoms with Crippen LogP contribution in [0.15, 0.2) is 53.3 Å². The number of aromatic nitrogens is 2. The fraction of sp³-hybridized carbons (Fsp3) is 0.375. The van der Waals surface area contributed by atoms with E-state index in [1.807, 2.05) is 22.6 Å². The number of hydrogen-bond donors (Lipinski definition) is 0. The molecule has 0 radical (unpaired) electrons. The van der Waals surface area contributed by atoms with Gasteiger partial charge in [0.2, 0.25) is 0 Å². The van der Waals surface area contributed by atoms with Crippen molar-refractivity contribution in [1.29, 1.82) is 0 Å². The van der Waals surface area contributed by atoms with E-state index < -0.39 is 0 Å². The van der Waals surface area contributed by atoms with Crippen molar-refractivity contribution in [3.8, 4) is 0 Å². The van der Waals surface area contributed by atoms with Crippen LogP contribution in [0.1, 0.15) is 44.1 Å². The lowest BCUT2D eigenvalue weighted by molar-refractivity contribution is 0.459. The summed E-state index contributed by atoms with van der Waals surface area (Å²) >= 11 is 0. The molecule has 0 aliphatic heterocycles. The molecule has 4 aromatic rings. The zero-order valence-corrected chi connectivity index (χ0v) is 15.9. The van der Waals surface area contributed by atoms with Crippen LogP contribution in [-0.4, -0.2) is 8.97 Å². The second-order valence-corrected chi connectivity index (χ2v) is 8.10. The molecule has 27 heavy (non-hydrogen) atoms. The SMILES string of the molecule is Cn1c2ccccc2n2c(=O)c3ccccc3c(CC3CCCCCC3)c12. The third-order valence-corrected chi connectivity index (χ3v) is 6.44. The van der Waals surface area contributed by atoms with Gasteiger partial charge in [0.15, 0.2) is 0 Å². The molecule has 3 nitrogen and oxygen atoms in total. The van der Waals surface area contributed by atoms with Crippen LogP contribution in [0.4, 0.5) is 0 Å². The minimum Gasteiger partial charge on any atom is -0.328 e. The van der Waals surface area contributed by atoms with E-state index in [0.29, 0.717) is 0 Å². The third-order valence-electron chi connectivity index (χ3n) is 6.44. The Balaban J connectivity index is 1.86. The summed E-state index contributed by atoms with van der Waals surface area (Å²) < 4.78 is 4.17. The van der Waals surface area contributed by atoms with Gasteiger partial charge in [-0.1, -0.05) is 68.9 Å². The Hall–Kier alpha value is -2.55. The van der Waals surface area contributed by atoms with Crippen LogP contribution >= 0.6 is 0 Å². The van der Waals surface area contributed by atoms with E-state index in [1.165, 1.54) is 44.1 Å². The molecule has 1 aliphatic carbocycles. The van der Waals surface area contributed by atoms with Crippen LogP contribution in [-0.2, 0) is 13.5 Å². The number of aryl methyl sites for hydroxylation is 1. The van der Waals surface area contributed by atoms with Gasteiger partial charge in [-0.15, -0.1) is 0 Å². The Morgan fingerprint density at radius 2 is 1.48 bits per heavy atom. The van der Waals surface area contributed by atoms with Crippen LogP contribution in [0, 0.1) is 5.92 Å². The summed E-state index contributed by atoms with van der Waals surface area (Å²) in [6, 6.07) is 16.4. The van der Waals surface area contributed by atoms with Crippen LogP contribution in [0.5, 0.6) is 0 Å². The van der Waals surface area contributed by atoms with Gasteiger partial charge in [0.05, 0.1) is 11.0 Å². The first-order chi connectivity index (χ1) is 13.3. The van der Waals surface area contributed by atoms with Crippen molar-refractivity contribution < 1.29 is 0 Å². The zero-order valence-electron chi connectivity index (χ0n) is 15.9. The summed E-state index contributed by atoms with van der Waals surface area (Å²) in [5, 5.41) is 1.98. The molecule has 138 valence electrons. The predicted octanol–water partition coefficient (Wildman–Crippen LogP) is 5.46. The van der Waals surface area contributed by atoms with Gasteiger partial charge in [-0.05, 0) is 35.9 Å². The maximum Gasteiger partial charge on any atom is 0.264 e. The van der Waals surface area contributed by atoms with Gasteiger partial charge in [-0.2, -0.15) is 0 Å². The zero-order chi connectivity index (χ0) is 18.4. The molecule has 0 amide bonds. The molecule has 5 rings (SSSR count). The molecular formula is C24H26N2O. The second-order valence-electron chi connectivity index (χ2n) is 8.10. The number of para-hydroxylation sites is 2. The number of fused-ring (bicyclic) bond motifs is 4. The summed E-state index contributed by atoms with van der Waals surface area (Å²) in [5.41, 5.74) is 4.64. The van der Waals surface area contributed by atoms with Crippen molar-refractivity contribution in [2.45, 2.75) is 44.9 Å². The second kappa shape index (κ2) is 6.56. The molecule has 0 N–H and O–H groups in total. The highest BCUT2D eigenvalue weighted by molar-refractivity contribution is 5.93.